The Balaban J connectivity index is 1.42. The summed E-state index contributed by atoms with van der Waals surface area (Å²) in [6.45, 7) is 5.72. The molecule has 2 aromatic rings. The van der Waals surface area contributed by atoms with Crippen LogP contribution < -0.4 is 24.3 Å². The van der Waals surface area contributed by atoms with Gasteiger partial charge in [-0.2, -0.15) is 0 Å². The zero-order valence-corrected chi connectivity index (χ0v) is 21.1. The van der Waals surface area contributed by atoms with Crippen LogP contribution in [0.2, 0.25) is 0 Å². The van der Waals surface area contributed by atoms with Crippen LogP contribution in [0.25, 0.3) is 0 Å². The molecule has 0 bridgehead atoms. The first kappa shape index (κ1) is 23.3. The Bertz CT molecular complexity index is 1040. The standard InChI is InChI=1S/C28H38N2O4/c1-17-18(12-23-21-15-26(33-4)24(31-2)13-19(21)6-9-29-23)7-10-30-11-8-20-14-25(32-3)27(34-5)16-22(20)28(17)30/h13-18,23,28-29H,6-12H2,1-5H3/t17-,18+,23-,28+/m1/s1. The van der Waals surface area contributed by atoms with Gasteiger partial charge in [0.1, 0.15) is 0 Å². The van der Waals surface area contributed by atoms with Crippen LogP contribution in [0.5, 0.6) is 23.0 Å². The molecule has 0 radical (unpaired) electrons. The van der Waals surface area contributed by atoms with Gasteiger partial charge in [-0.15, -0.1) is 0 Å². The van der Waals surface area contributed by atoms with E-state index in [0.29, 0.717) is 23.9 Å². The average molecular weight is 467 g/mol. The van der Waals surface area contributed by atoms with Gasteiger partial charge in [0.15, 0.2) is 23.0 Å². The van der Waals surface area contributed by atoms with Crippen molar-refractivity contribution in [3.05, 3.63) is 46.5 Å². The normalized spacial score (nSPS) is 26.1. The van der Waals surface area contributed by atoms with Gasteiger partial charge in [-0.3, -0.25) is 4.90 Å². The van der Waals surface area contributed by atoms with Crippen LogP contribution in [0, 0.1) is 11.8 Å². The highest BCUT2D eigenvalue weighted by atomic mass is 16.5. The predicted octanol–water partition coefficient (Wildman–Crippen LogP) is 4.55. The van der Waals surface area contributed by atoms with Gasteiger partial charge >= 0.3 is 0 Å². The van der Waals surface area contributed by atoms with Gasteiger partial charge < -0.3 is 24.3 Å². The van der Waals surface area contributed by atoms with Crippen molar-refractivity contribution in [3.63, 3.8) is 0 Å². The van der Waals surface area contributed by atoms with E-state index in [9.17, 15) is 0 Å². The summed E-state index contributed by atoms with van der Waals surface area (Å²) in [5, 5.41) is 3.81. The van der Waals surface area contributed by atoms with E-state index in [4.69, 9.17) is 18.9 Å². The van der Waals surface area contributed by atoms with E-state index in [2.05, 4.69) is 41.4 Å². The van der Waals surface area contributed by atoms with Crippen molar-refractivity contribution >= 4 is 0 Å². The summed E-state index contributed by atoms with van der Waals surface area (Å²) >= 11 is 0. The Morgan fingerprint density at radius 3 is 2.03 bits per heavy atom. The predicted molar refractivity (Wildman–Crippen MR) is 133 cm³/mol. The Hall–Kier alpha value is -2.44. The molecular formula is C28H38N2O4. The quantitative estimate of drug-likeness (QED) is 0.674. The number of hydrogen-bond acceptors (Lipinski definition) is 6. The van der Waals surface area contributed by atoms with Crippen molar-refractivity contribution in [3.8, 4) is 23.0 Å². The minimum absolute atomic E-state index is 0.344. The molecule has 0 saturated carbocycles. The Labute approximate surface area is 203 Å². The van der Waals surface area contributed by atoms with Gasteiger partial charge in [0, 0.05) is 18.6 Å². The third-order valence-corrected chi connectivity index (χ3v) is 8.40. The lowest BCUT2D eigenvalue weighted by molar-refractivity contribution is 0.0405. The maximum absolute atomic E-state index is 5.67. The Morgan fingerprint density at radius 1 is 0.794 bits per heavy atom. The summed E-state index contributed by atoms with van der Waals surface area (Å²) in [6, 6.07) is 9.56. The molecule has 34 heavy (non-hydrogen) atoms. The van der Waals surface area contributed by atoms with Gasteiger partial charge in [0.25, 0.3) is 0 Å². The average Bonchev–Trinajstić information content (AvgIpc) is 2.88. The SMILES string of the molecule is COc1cc2c(cc1OC)[C@@H]1[C@H](C)[C@H](C[C@H]3NCCc4cc(OC)c(OC)cc43)CCN1CC2. The molecular weight excluding hydrogens is 428 g/mol. The number of piperidine rings is 1. The number of nitrogens with one attached hydrogen (secondary N) is 1. The van der Waals surface area contributed by atoms with E-state index < -0.39 is 0 Å². The molecule has 2 aromatic carbocycles. The highest BCUT2D eigenvalue weighted by Gasteiger charge is 2.41. The van der Waals surface area contributed by atoms with Crippen molar-refractivity contribution in [1.82, 2.24) is 10.2 Å². The van der Waals surface area contributed by atoms with Gasteiger partial charge in [0.2, 0.25) is 0 Å². The highest BCUT2D eigenvalue weighted by Crippen LogP contribution is 2.48. The lowest BCUT2D eigenvalue weighted by Gasteiger charge is -2.48. The van der Waals surface area contributed by atoms with Crippen LogP contribution in [0.15, 0.2) is 24.3 Å². The van der Waals surface area contributed by atoms with Gasteiger partial charge in [-0.05, 0) is 97.1 Å². The van der Waals surface area contributed by atoms with E-state index in [-0.39, 0.29) is 0 Å². The molecule has 5 rings (SSSR count). The van der Waals surface area contributed by atoms with Gasteiger partial charge in [0.05, 0.1) is 28.4 Å². The van der Waals surface area contributed by atoms with Crippen molar-refractivity contribution < 1.29 is 18.9 Å². The third-order valence-electron chi connectivity index (χ3n) is 8.40. The molecule has 0 spiro atoms. The van der Waals surface area contributed by atoms with E-state index in [1.807, 2.05) is 0 Å². The maximum atomic E-state index is 5.67. The zero-order valence-electron chi connectivity index (χ0n) is 21.1. The first-order chi connectivity index (χ1) is 16.6. The fourth-order valence-electron chi connectivity index (χ4n) is 6.56. The van der Waals surface area contributed by atoms with Crippen molar-refractivity contribution in [2.24, 2.45) is 11.8 Å². The van der Waals surface area contributed by atoms with Crippen LogP contribution in [0.3, 0.4) is 0 Å². The van der Waals surface area contributed by atoms with Crippen molar-refractivity contribution in [2.45, 2.75) is 44.7 Å². The molecule has 184 valence electrons. The summed E-state index contributed by atoms with van der Waals surface area (Å²) < 4.78 is 22.5. The molecule has 1 fully saturated rings. The van der Waals surface area contributed by atoms with E-state index in [0.717, 1.165) is 61.9 Å². The number of ether oxygens (including phenoxy) is 4. The molecule has 3 heterocycles. The largest absolute Gasteiger partial charge is 0.493 e. The van der Waals surface area contributed by atoms with Crippen molar-refractivity contribution in [2.75, 3.05) is 48.1 Å². The lowest BCUT2D eigenvalue weighted by atomic mass is 9.71. The first-order valence-corrected chi connectivity index (χ1v) is 12.5. The van der Waals surface area contributed by atoms with Crippen LogP contribution >= 0.6 is 0 Å². The van der Waals surface area contributed by atoms with Crippen LogP contribution in [0.1, 0.15) is 54.1 Å². The molecule has 0 unspecified atom stereocenters. The molecule has 6 heteroatoms. The number of fused-ring (bicyclic) bond motifs is 4. The second kappa shape index (κ2) is 9.67. The number of hydrogen-bond donors (Lipinski definition) is 1. The molecule has 0 aromatic heterocycles. The monoisotopic (exact) mass is 466 g/mol. The molecule has 3 aliphatic heterocycles. The number of rotatable bonds is 6. The Kier molecular flexibility index (Phi) is 6.63. The smallest absolute Gasteiger partial charge is 0.161 e. The van der Waals surface area contributed by atoms with Crippen LogP contribution in [-0.4, -0.2) is 53.0 Å². The van der Waals surface area contributed by atoms with Crippen LogP contribution in [0.4, 0.5) is 0 Å². The summed E-state index contributed by atoms with van der Waals surface area (Å²) in [6.07, 6.45) is 4.47. The van der Waals surface area contributed by atoms with Crippen molar-refractivity contribution in [1.29, 1.82) is 0 Å². The van der Waals surface area contributed by atoms with E-state index in [1.165, 1.54) is 28.7 Å². The zero-order chi connectivity index (χ0) is 23.8. The topological polar surface area (TPSA) is 52.2 Å². The Morgan fingerprint density at radius 2 is 1.38 bits per heavy atom. The summed E-state index contributed by atoms with van der Waals surface area (Å²) in [4.78, 5) is 2.69. The number of nitrogens with zero attached hydrogens (tertiary/aromatic N) is 1. The maximum Gasteiger partial charge on any atom is 0.161 e. The highest BCUT2D eigenvalue weighted by molar-refractivity contribution is 5.51. The molecule has 1 saturated heterocycles. The van der Waals surface area contributed by atoms with Gasteiger partial charge in [-0.1, -0.05) is 6.92 Å². The summed E-state index contributed by atoms with van der Waals surface area (Å²) in [7, 11) is 6.88. The molecule has 0 aliphatic carbocycles. The fraction of sp³-hybridized carbons (Fsp3) is 0.571. The first-order valence-electron chi connectivity index (χ1n) is 12.5. The number of benzene rings is 2. The summed E-state index contributed by atoms with van der Waals surface area (Å²) in [5.41, 5.74) is 5.58. The molecule has 4 atom stereocenters. The minimum Gasteiger partial charge on any atom is -0.493 e. The lowest BCUT2D eigenvalue weighted by Crippen LogP contribution is -2.46. The summed E-state index contributed by atoms with van der Waals surface area (Å²) in [5.74, 6) is 4.50. The fourth-order valence-corrected chi connectivity index (χ4v) is 6.56. The van der Waals surface area contributed by atoms with E-state index in [1.54, 1.807) is 28.4 Å². The molecule has 3 aliphatic rings. The molecule has 0 amide bonds. The van der Waals surface area contributed by atoms with E-state index >= 15 is 0 Å². The minimum atomic E-state index is 0.344. The van der Waals surface area contributed by atoms with Gasteiger partial charge in [-0.25, -0.2) is 0 Å². The molecule has 1 N–H and O–H groups in total. The second-order valence-corrected chi connectivity index (χ2v) is 9.94. The third kappa shape index (κ3) is 4.01. The number of methoxy groups -OCH3 is 4. The molecule has 6 nitrogen and oxygen atoms in total. The van der Waals surface area contributed by atoms with Crippen LogP contribution in [-0.2, 0) is 12.8 Å². The second-order valence-electron chi connectivity index (χ2n) is 9.94.